The number of allylic oxidation sites excluding steroid dienone is 2. The molecule has 1 fully saturated rings. The van der Waals surface area contributed by atoms with Crippen LogP contribution in [0.2, 0.25) is 0 Å². The maximum absolute atomic E-state index is 11.5. The third-order valence-corrected chi connectivity index (χ3v) is 4.41. The number of hydrogen-bond donors (Lipinski definition) is 0. The molecule has 1 aliphatic heterocycles. The van der Waals surface area contributed by atoms with Gasteiger partial charge in [-0.1, -0.05) is 35.9 Å². The first-order valence-corrected chi connectivity index (χ1v) is 7.97. The van der Waals surface area contributed by atoms with E-state index in [9.17, 15) is 4.79 Å². The van der Waals surface area contributed by atoms with Gasteiger partial charge in [-0.25, -0.2) is 0 Å². The van der Waals surface area contributed by atoms with E-state index in [0.29, 0.717) is 6.61 Å². The Kier molecular flexibility index (Phi) is 3.81. The first-order chi connectivity index (χ1) is 11.7. The quantitative estimate of drug-likeness (QED) is 0.835. The van der Waals surface area contributed by atoms with Gasteiger partial charge in [-0.05, 0) is 41.0 Å². The lowest BCUT2D eigenvalue weighted by Gasteiger charge is -2.23. The van der Waals surface area contributed by atoms with Crippen molar-refractivity contribution in [2.45, 2.75) is 11.9 Å². The van der Waals surface area contributed by atoms with Gasteiger partial charge in [0.05, 0.1) is 11.6 Å². The molecule has 1 saturated heterocycles. The predicted octanol–water partition coefficient (Wildman–Crippen LogP) is 3.79. The highest BCUT2D eigenvalue weighted by atomic mass is 35.5. The van der Waals surface area contributed by atoms with Crippen LogP contribution in [0.5, 0.6) is 0 Å². The van der Waals surface area contributed by atoms with Crippen LogP contribution in [0.1, 0.15) is 11.7 Å². The lowest BCUT2D eigenvalue weighted by molar-refractivity contribution is -0.114. The molecule has 4 rings (SSSR count). The number of carbonyl (C=O) groups excluding carboxylic acids is 1. The minimum absolute atomic E-state index is 0.117. The Morgan fingerprint density at radius 2 is 1.79 bits per heavy atom. The average Bonchev–Trinajstić information content (AvgIpc) is 3.03. The van der Waals surface area contributed by atoms with E-state index < -0.39 is 5.79 Å². The molecule has 1 spiro atoms. The smallest absolute Gasteiger partial charge is 0.211 e. The normalized spacial score (nSPS) is 26.0. The second-order valence-electron chi connectivity index (χ2n) is 5.69. The van der Waals surface area contributed by atoms with E-state index in [0.717, 1.165) is 16.7 Å². The van der Waals surface area contributed by atoms with Crippen LogP contribution in [0.3, 0.4) is 0 Å². The van der Waals surface area contributed by atoms with Gasteiger partial charge in [0.15, 0.2) is 5.78 Å². The third kappa shape index (κ3) is 2.80. The molecule has 0 bridgehead atoms. The van der Waals surface area contributed by atoms with E-state index in [-0.39, 0.29) is 16.9 Å². The van der Waals surface area contributed by atoms with E-state index in [4.69, 9.17) is 21.1 Å². The van der Waals surface area contributed by atoms with Gasteiger partial charge in [0.25, 0.3) is 0 Å². The lowest BCUT2D eigenvalue weighted by atomic mass is 10.0. The molecule has 24 heavy (non-hydrogen) atoms. The lowest BCUT2D eigenvalue weighted by Crippen LogP contribution is -2.28. The molecule has 2 aromatic rings. The summed E-state index contributed by atoms with van der Waals surface area (Å²) in [6.45, 7) is 0.397. The van der Waals surface area contributed by atoms with E-state index in [1.807, 2.05) is 36.4 Å². The first kappa shape index (κ1) is 15.3. The molecule has 1 aliphatic carbocycles. The Bertz CT molecular complexity index is 829. The van der Waals surface area contributed by atoms with Gasteiger partial charge in [0.1, 0.15) is 6.10 Å². The number of carbonyl (C=O) groups is 1. The number of halogens is 1. The highest BCUT2D eigenvalue weighted by Crippen LogP contribution is 2.38. The summed E-state index contributed by atoms with van der Waals surface area (Å²) in [5, 5.41) is 0.117. The number of ketones is 1. The number of ether oxygens (including phenoxy) is 2. The summed E-state index contributed by atoms with van der Waals surface area (Å²) in [5.41, 5.74) is 3.24. The monoisotopic (exact) mass is 339 g/mol. The summed E-state index contributed by atoms with van der Waals surface area (Å²) in [5.74, 6) is -1.28. The molecule has 0 unspecified atom stereocenters. The van der Waals surface area contributed by atoms with Crippen molar-refractivity contribution in [3.63, 3.8) is 0 Å². The van der Waals surface area contributed by atoms with Crippen LogP contribution in [0, 0.1) is 0 Å². The molecule has 1 aromatic carbocycles. The van der Waals surface area contributed by atoms with E-state index in [1.165, 1.54) is 12.2 Å². The maximum Gasteiger partial charge on any atom is 0.211 e. The van der Waals surface area contributed by atoms with Gasteiger partial charge in [-0.15, -0.1) is 0 Å². The van der Waals surface area contributed by atoms with Crippen LogP contribution < -0.4 is 0 Å². The predicted molar refractivity (Wildman–Crippen MR) is 90.3 cm³/mol. The summed E-state index contributed by atoms with van der Waals surface area (Å²) in [7, 11) is 0. The van der Waals surface area contributed by atoms with Gasteiger partial charge in [0.2, 0.25) is 5.79 Å². The summed E-state index contributed by atoms with van der Waals surface area (Å²) >= 11 is 5.91. The molecule has 0 N–H and O–H groups in total. The molecule has 4 nitrogen and oxygen atoms in total. The van der Waals surface area contributed by atoms with Gasteiger partial charge in [-0.3, -0.25) is 9.78 Å². The zero-order valence-electron chi connectivity index (χ0n) is 12.7. The fourth-order valence-corrected chi connectivity index (χ4v) is 3.04. The molecule has 1 aromatic heterocycles. The average molecular weight is 340 g/mol. The molecule has 0 amide bonds. The zero-order chi connectivity index (χ0) is 16.6. The summed E-state index contributed by atoms with van der Waals surface area (Å²) in [4.78, 5) is 15.5. The van der Waals surface area contributed by atoms with Crippen molar-refractivity contribution in [3.8, 4) is 11.1 Å². The second kappa shape index (κ2) is 5.98. The molecule has 2 heterocycles. The van der Waals surface area contributed by atoms with Crippen molar-refractivity contribution in [3.05, 3.63) is 77.6 Å². The van der Waals surface area contributed by atoms with Crippen molar-refractivity contribution < 1.29 is 14.3 Å². The minimum atomic E-state index is -1.04. The van der Waals surface area contributed by atoms with Crippen LogP contribution in [0.25, 0.3) is 11.1 Å². The highest BCUT2D eigenvalue weighted by Gasteiger charge is 2.41. The topological polar surface area (TPSA) is 48.4 Å². The number of benzene rings is 1. The minimum Gasteiger partial charge on any atom is -0.340 e. The molecular formula is C19H14ClNO3. The second-order valence-corrected chi connectivity index (χ2v) is 6.09. The molecule has 2 atom stereocenters. The van der Waals surface area contributed by atoms with Crippen molar-refractivity contribution >= 4 is 17.4 Å². The molecule has 2 aliphatic rings. The summed E-state index contributed by atoms with van der Waals surface area (Å²) in [6, 6.07) is 12.1. The van der Waals surface area contributed by atoms with Crippen molar-refractivity contribution in [1.82, 2.24) is 4.98 Å². The Morgan fingerprint density at radius 3 is 2.50 bits per heavy atom. The SMILES string of the molecule is O=C1C=C[C@@]2(C=C1Cl)OC[C@@H](c1ccc(-c3ccncc3)cc1)O2. The van der Waals surface area contributed by atoms with Crippen LogP contribution in [-0.2, 0) is 14.3 Å². The number of nitrogens with zero attached hydrogens (tertiary/aromatic N) is 1. The number of pyridine rings is 1. The van der Waals surface area contributed by atoms with Gasteiger partial charge < -0.3 is 9.47 Å². The highest BCUT2D eigenvalue weighted by molar-refractivity contribution is 6.44. The number of rotatable bonds is 2. The van der Waals surface area contributed by atoms with Crippen molar-refractivity contribution in [2.75, 3.05) is 6.61 Å². The van der Waals surface area contributed by atoms with Gasteiger partial charge in [0, 0.05) is 18.5 Å². The largest absolute Gasteiger partial charge is 0.340 e. The van der Waals surface area contributed by atoms with Crippen LogP contribution in [0.4, 0.5) is 0 Å². The Hall–Kier alpha value is -2.27. The Labute approximate surface area is 144 Å². The fourth-order valence-electron chi connectivity index (χ4n) is 2.83. The van der Waals surface area contributed by atoms with Gasteiger partial charge in [-0.2, -0.15) is 0 Å². The summed E-state index contributed by atoms with van der Waals surface area (Å²) < 4.78 is 11.8. The zero-order valence-corrected chi connectivity index (χ0v) is 13.4. The van der Waals surface area contributed by atoms with E-state index >= 15 is 0 Å². The molecular weight excluding hydrogens is 326 g/mol. The Balaban J connectivity index is 1.54. The molecule has 5 heteroatoms. The summed E-state index contributed by atoms with van der Waals surface area (Å²) in [6.07, 6.45) is 7.84. The molecule has 120 valence electrons. The molecule has 0 saturated carbocycles. The fraction of sp³-hybridized carbons (Fsp3) is 0.158. The van der Waals surface area contributed by atoms with Crippen molar-refractivity contribution in [2.24, 2.45) is 0 Å². The third-order valence-electron chi connectivity index (χ3n) is 4.11. The van der Waals surface area contributed by atoms with E-state index in [2.05, 4.69) is 4.98 Å². The number of aromatic nitrogens is 1. The van der Waals surface area contributed by atoms with Crippen LogP contribution in [0.15, 0.2) is 72.1 Å². The Morgan fingerprint density at radius 1 is 1.08 bits per heavy atom. The standard InChI is InChI=1S/C19H14ClNO3/c20-16-11-19(8-5-17(16)22)23-12-18(24-19)15-3-1-13(2-4-15)14-6-9-21-10-7-14/h1-11,18H,12H2/t18-,19+/m0/s1. The van der Waals surface area contributed by atoms with Gasteiger partial charge >= 0.3 is 0 Å². The molecule has 0 radical (unpaired) electrons. The van der Waals surface area contributed by atoms with Crippen LogP contribution in [-0.4, -0.2) is 23.2 Å². The number of hydrogen-bond acceptors (Lipinski definition) is 4. The van der Waals surface area contributed by atoms with Crippen LogP contribution >= 0.6 is 11.6 Å². The van der Waals surface area contributed by atoms with Crippen molar-refractivity contribution in [1.29, 1.82) is 0 Å². The first-order valence-electron chi connectivity index (χ1n) is 7.59. The maximum atomic E-state index is 11.5. The van der Waals surface area contributed by atoms with E-state index in [1.54, 1.807) is 18.5 Å².